The van der Waals surface area contributed by atoms with Gasteiger partial charge in [-0.1, -0.05) is 55.5 Å². The van der Waals surface area contributed by atoms with Crippen LogP contribution in [0.3, 0.4) is 0 Å². The SMILES string of the molecule is C[C@@H]1CCCN(C(=O)COC(=O)c2ccccc2-c2ccccc2)C1. The molecule has 0 aromatic heterocycles. The zero-order valence-electron chi connectivity index (χ0n) is 14.5. The summed E-state index contributed by atoms with van der Waals surface area (Å²) < 4.78 is 5.31. The molecule has 1 saturated heterocycles. The van der Waals surface area contributed by atoms with Crippen molar-refractivity contribution in [3.8, 4) is 11.1 Å². The number of hydrogen-bond acceptors (Lipinski definition) is 3. The van der Waals surface area contributed by atoms with Gasteiger partial charge < -0.3 is 9.64 Å². The molecule has 1 amide bonds. The van der Waals surface area contributed by atoms with Gasteiger partial charge in [-0.05, 0) is 36.0 Å². The van der Waals surface area contributed by atoms with E-state index in [1.54, 1.807) is 17.0 Å². The molecule has 1 aliphatic heterocycles. The van der Waals surface area contributed by atoms with Crippen LogP contribution in [0.2, 0.25) is 0 Å². The van der Waals surface area contributed by atoms with Crippen molar-refractivity contribution in [2.24, 2.45) is 5.92 Å². The van der Waals surface area contributed by atoms with Gasteiger partial charge in [0, 0.05) is 13.1 Å². The lowest BCUT2D eigenvalue weighted by Crippen LogP contribution is -2.41. The van der Waals surface area contributed by atoms with Crippen LogP contribution in [0, 0.1) is 5.92 Å². The smallest absolute Gasteiger partial charge is 0.339 e. The molecule has 0 bridgehead atoms. The van der Waals surface area contributed by atoms with E-state index in [0.717, 1.165) is 37.1 Å². The van der Waals surface area contributed by atoms with Crippen LogP contribution >= 0.6 is 0 Å². The van der Waals surface area contributed by atoms with E-state index in [-0.39, 0.29) is 12.5 Å². The fourth-order valence-corrected chi connectivity index (χ4v) is 3.24. The molecule has 0 saturated carbocycles. The topological polar surface area (TPSA) is 46.6 Å². The van der Waals surface area contributed by atoms with Crippen molar-refractivity contribution in [1.82, 2.24) is 4.90 Å². The first-order valence-corrected chi connectivity index (χ1v) is 8.74. The number of nitrogens with zero attached hydrogens (tertiary/aromatic N) is 1. The lowest BCUT2D eigenvalue weighted by Gasteiger charge is -2.30. The zero-order valence-corrected chi connectivity index (χ0v) is 14.5. The molecule has 2 aromatic rings. The van der Waals surface area contributed by atoms with Crippen molar-refractivity contribution in [2.75, 3.05) is 19.7 Å². The molecule has 130 valence electrons. The summed E-state index contributed by atoms with van der Waals surface area (Å²) in [6.45, 7) is 3.44. The lowest BCUT2D eigenvalue weighted by atomic mass is 10.00. The van der Waals surface area contributed by atoms with Crippen LogP contribution in [0.25, 0.3) is 11.1 Å². The van der Waals surface area contributed by atoms with Gasteiger partial charge in [0.25, 0.3) is 5.91 Å². The summed E-state index contributed by atoms with van der Waals surface area (Å²) in [5.74, 6) is -0.0674. The molecule has 0 spiro atoms. The molecule has 25 heavy (non-hydrogen) atoms. The van der Waals surface area contributed by atoms with Crippen molar-refractivity contribution in [2.45, 2.75) is 19.8 Å². The molecule has 4 heteroatoms. The van der Waals surface area contributed by atoms with Crippen molar-refractivity contribution < 1.29 is 14.3 Å². The Kier molecular flexibility index (Phi) is 5.49. The maximum absolute atomic E-state index is 12.5. The van der Waals surface area contributed by atoms with E-state index in [0.29, 0.717) is 11.5 Å². The summed E-state index contributed by atoms with van der Waals surface area (Å²) in [6, 6.07) is 17.0. The first kappa shape index (κ1) is 17.2. The summed E-state index contributed by atoms with van der Waals surface area (Å²) in [6.07, 6.45) is 2.16. The Bertz CT molecular complexity index is 742. The van der Waals surface area contributed by atoms with Crippen LogP contribution in [0.1, 0.15) is 30.1 Å². The second kappa shape index (κ2) is 7.97. The fourth-order valence-electron chi connectivity index (χ4n) is 3.24. The van der Waals surface area contributed by atoms with Gasteiger partial charge >= 0.3 is 5.97 Å². The Labute approximate surface area is 148 Å². The highest BCUT2D eigenvalue weighted by atomic mass is 16.5. The van der Waals surface area contributed by atoms with Crippen molar-refractivity contribution in [3.63, 3.8) is 0 Å². The molecule has 0 aliphatic carbocycles. The minimum absolute atomic E-state index is 0.114. The van der Waals surface area contributed by atoms with Crippen molar-refractivity contribution >= 4 is 11.9 Å². The number of ether oxygens (including phenoxy) is 1. The lowest BCUT2D eigenvalue weighted by molar-refractivity contribution is -0.136. The van der Waals surface area contributed by atoms with Crippen LogP contribution in [-0.2, 0) is 9.53 Å². The molecule has 1 atom stereocenters. The number of likely N-dealkylation sites (tertiary alicyclic amines) is 1. The molecular formula is C21H23NO3. The second-order valence-electron chi connectivity index (χ2n) is 6.57. The summed E-state index contributed by atoms with van der Waals surface area (Å²) in [5, 5.41) is 0. The summed E-state index contributed by atoms with van der Waals surface area (Å²) >= 11 is 0. The fraction of sp³-hybridized carbons (Fsp3) is 0.333. The molecule has 2 aromatic carbocycles. The molecule has 3 rings (SSSR count). The highest BCUT2D eigenvalue weighted by Gasteiger charge is 2.22. The Balaban J connectivity index is 1.67. The predicted molar refractivity (Wildman–Crippen MR) is 97.1 cm³/mol. The number of amides is 1. The third-order valence-electron chi connectivity index (χ3n) is 4.57. The van der Waals surface area contributed by atoms with Gasteiger partial charge in [-0.3, -0.25) is 4.79 Å². The third-order valence-corrected chi connectivity index (χ3v) is 4.57. The van der Waals surface area contributed by atoms with Gasteiger partial charge in [0.1, 0.15) is 0 Å². The van der Waals surface area contributed by atoms with Gasteiger partial charge in [-0.25, -0.2) is 4.79 Å². The van der Waals surface area contributed by atoms with E-state index in [1.807, 2.05) is 42.5 Å². The highest BCUT2D eigenvalue weighted by molar-refractivity contribution is 5.98. The Morgan fingerprint density at radius 1 is 1.08 bits per heavy atom. The minimum Gasteiger partial charge on any atom is -0.452 e. The molecule has 0 N–H and O–H groups in total. The maximum atomic E-state index is 12.5. The zero-order chi connectivity index (χ0) is 17.6. The van der Waals surface area contributed by atoms with Crippen LogP contribution < -0.4 is 0 Å². The van der Waals surface area contributed by atoms with Crippen LogP contribution in [0.4, 0.5) is 0 Å². The van der Waals surface area contributed by atoms with E-state index in [9.17, 15) is 9.59 Å². The van der Waals surface area contributed by atoms with Gasteiger partial charge in [0.2, 0.25) is 0 Å². The molecule has 4 nitrogen and oxygen atoms in total. The number of carbonyl (C=O) groups excluding carboxylic acids is 2. The minimum atomic E-state index is -0.460. The van der Waals surface area contributed by atoms with E-state index < -0.39 is 5.97 Å². The first-order chi connectivity index (χ1) is 12.1. The summed E-state index contributed by atoms with van der Waals surface area (Å²) in [7, 11) is 0. The molecular weight excluding hydrogens is 314 g/mol. The van der Waals surface area contributed by atoms with Crippen LogP contribution in [0.15, 0.2) is 54.6 Å². The van der Waals surface area contributed by atoms with Gasteiger partial charge in [-0.15, -0.1) is 0 Å². The maximum Gasteiger partial charge on any atom is 0.339 e. The van der Waals surface area contributed by atoms with Gasteiger partial charge in [0.15, 0.2) is 6.61 Å². The number of carbonyl (C=O) groups is 2. The molecule has 0 unspecified atom stereocenters. The normalized spacial score (nSPS) is 17.2. The Hall–Kier alpha value is -2.62. The number of hydrogen-bond donors (Lipinski definition) is 0. The number of piperidine rings is 1. The quantitative estimate of drug-likeness (QED) is 0.798. The third kappa shape index (κ3) is 4.27. The number of rotatable bonds is 4. The average molecular weight is 337 g/mol. The first-order valence-electron chi connectivity index (χ1n) is 8.74. The van der Waals surface area contributed by atoms with E-state index in [1.165, 1.54) is 0 Å². The van der Waals surface area contributed by atoms with Crippen LogP contribution in [0.5, 0.6) is 0 Å². The number of benzene rings is 2. The standard InChI is InChI=1S/C21H23NO3/c1-16-8-7-13-22(14-16)20(23)15-25-21(24)19-12-6-5-11-18(19)17-9-3-2-4-10-17/h2-6,9-12,16H,7-8,13-15H2,1H3/t16-/m1/s1. The molecule has 1 heterocycles. The van der Waals surface area contributed by atoms with E-state index in [2.05, 4.69) is 6.92 Å². The van der Waals surface area contributed by atoms with E-state index in [4.69, 9.17) is 4.74 Å². The molecule has 1 aliphatic rings. The molecule has 1 fully saturated rings. The predicted octanol–water partition coefficient (Wildman–Crippen LogP) is 3.77. The van der Waals surface area contributed by atoms with E-state index >= 15 is 0 Å². The summed E-state index contributed by atoms with van der Waals surface area (Å²) in [4.78, 5) is 26.6. The largest absolute Gasteiger partial charge is 0.452 e. The monoisotopic (exact) mass is 337 g/mol. The second-order valence-corrected chi connectivity index (χ2v) is 6.57. The average Bonchev–Trinajstić information content (AvgIpc) is 2.66. The van der Waals surface area contributed by atoms with Gasteiger partial charge in [-0.2, -0.15) is 0 Å². The Morgan fingerprint density at radius 2 is 1.80 bits per heavy atom. The van der Waals surface area contributed by atoms with Crippen molar-refractivity contribution in [1.29, 1.82) is 0 Å². The molecule has 0 radical (unpaired) electrons. The summed E-state index contributed by atoms with van der Waals surface area (Å²) in [5.41, 5.74) is 2.24. The number of esters is 1. The highest BCUT2D eigenvalue weighted by Crippen LogP contribution is 2.24. The van der Waals surface area contributed by atoms with Gasteiger partial charge in [0.05, 0.1) is 5.56 Å². The van der Waals surface area contributed by atoms with Crippen LogP contribution in [-0.4, -0.2) is 36.5 Å². The van der Waals surface area contributed by atoms with Crippen molar-refractivity contribution in [3.05, 3.63) is 60.2 Å². The Morgan fingerprint density at radius 3 is 2.56 bits per heavy atom.